The van der Waals surface area contributed by atoms with Gasteiger partial charge in [0.1, 0.15) is 0 Å². The average molecular weight is 395 g/mol. The molecule has 0 aliphatic carbocycles. The van der Waals surface area contributed by atoms with Gasteiger partial charge >= 0.3 is 0 Å². The SMILES string of the molecule is C=CCn1c(=NC(=O)c2ccc3ncsc3c2)sc2cc3c(cc21)OCO3. The van der Waals surface area contributed by atoms with E-state index in [-0.39, 0.29) is 12.7 Å². The van der Waals surface area contributed by atoms with Crippen LogP contribution in [0.2, 0.25) is 0 Å². The van der Waals surface area contributed by atoms with Crippen molar-refractivity contribution in [1.82, 2.24) is 9.55 Å². The van der Waals surface area contributed by atoms with Crippen molar-refractivity contribution in [2.45, 2.75) is 6.54 Å². The number of allylic oxidation sites excluding steroid dienone is 1. The first-order valence-electron chi connectivity index (χ1n) is 8.19. The Bertz CT molecular complexity index is 1280. The Morgan fingerprint density at radius 2 is 2.11 bits per heavy atom. The number of amides is 1. The van der Waals surface area contributed by atoms with Crippen LogP contribution in [0.5, 0.6) is 11.5 Å². The van der Waals surface area contributed by atoms with E-state index in [1.54, 1.807) is 17.7 Å². The van der Waals surface area contributed by atoms with Crippen molar-refractivity contribution < 1.29 is 14.3 Å². The molecule has 0 fully saturated rings. The van der Waals surface area contributed by atoms with Crippen LogP contribution in [0.3, 0.4) is 0 Å². The molecule has 6 nitrogen and oxygen atoms in total. The van der Waals surface area contributed by atoms with E-state index in [4.69, 9.17) is 9.47 Å². The number of aromatic nitrogens is 2. The fourth-order valence-corrected chi connectivity index (χ4v) is 4.75. The molecule has 0 bridgehead atoms. The van der Waals surface area contributed by atoms with Gasteiger partial charge in [-0.25, -0.2) is 4.98 Å². The molecule has 1 aliphatic rings. The molecule has 0 saturated heterocycles. The lowest BCUT2D eigenvalue weighted by molar-refractivity contribution is 0.0998. The maximum atomic E-state index is 12.7. The molecule has 0 unspecified atom stereocenters. The number of nitrogens with zero attached hydrogens (tertiary/aromatic N) is 3. The van der Waals surface area contributed by atoms with Gasteiger partial charge in [-0.05, 0) is 18.2 Å². The predicted octanol–water partition coefficient (Wildman–Crippen LogP) is 3.97. The molecule has 1 aliphatic heterocycles. The number of carbonyl (C=O) groups excluding carboxylic acids is 1. The van der Waals surface area contributed by atoms with E-state index < -0.39 is 0 Å². The van der Waals surface area contributed by atoms with Gasteiger partial charge in [0, 0.05) is 24.2 Å². The van der Waals surface area contributed by atoms with Gasteiger partial charge in [0.2, 0.25) is 6.79 Å². The van der Waals surface area contributed by atoms with E-state index in [1.165, 1.54) is 22.7 Å². The molecule has 27 heavy (non-hydrogen) atoms. The van der Waals surface area contributed by atoms with Crippen LogP contribution in [0.15, 0.2) is 53.5 Å². The number of hydrogen-bond acceptors (Lipinski definition) is 6. The first-order valence-corrected chi connectivity index (χ1v) is 9.89. The monoisotopic (exact) mass is 395 g/mol. The maximum Gasteiger partial charge on any atom is 0.279 e. The molecule has 0 N–H and O–H groups in total. The number of carbonyl (C=O) groups is 1. The molecule has 0 atom stereocenters. The van der Waals surface area contributed by atoms with Crippen LogP contribution in [-0.4, -0.2) is 22.3 Å². The standard InChI is InChI=1S/C19H13N3O3S2/c1-2-5-22-13-7-14-15(25-10-24-14)8-17(13)27-19(22)21-18(23)11-3-4-12-16(6-11)26-9-20-12/h2-4,6-9H,1,5,10H2. The summed E-state index contributed by atoms with van der Waals surface area (Å²) in [5.41, 5.74) is 4.13. The zero-order valence-corrected chi connectivity index (χ0v) is 15.7. The minimum absolute atomic E-state index is 0.226. The first kappa shape index (κ1) is 16.2. The van der Waals surface area contributed by atoms with E-state index in [2.05, 4.69) is 16.6 Å². The highest BCUT2D eigenvalue weighted by atomic mass is 32.1. The fourth-order valence-electron chi connectivity index (χ4n) is 2.99. The molecule has 4 aromatic rings. The summed E-state index contributed by atoms with van der Waals surface area (Å²) in [6.45, 7) is 4.58. The molecule has 134 valence electrons. The Balaban J connectivity index is 1.65. The average Bonchev–Trinajstić information content (AvgIpc) is 3.38. The third-order valence-electron chi connectivity index (χ3n) is 4.26. The Hall–Kier alpha value is -2.97. The highest BCUT2D eigenvalue weighted by molar-refractivity contribution is 7.17. The van der Waals surface area contributed by atoms with Gasteiger partial charge in [0.15, 0.2) is 16.3 Å². The molecular formula is C19H13N3O3S2. The van der Waals surface area contributed by atoms with Crippen LogP contribution in [0.1, 0.15) is 10.4 Å². The van der Waals surface area contributed by atoms with Gasteiger partial charge in [-0.1, -0.05) is 17.4 Å². The van der Waals surface area contributed by atoms with E-state index in [1.807, 2.05) is 28.8 Å². The number of benzene rings is 2. The van der Waals surface area contributed by atoms with Crippen LogP contribution < -0.4 is 14.3 Å². The zero-order chi connectivity index (χ0) is 18.4. The van der Waals surface area contributed by atoms with E-state index >= 15 is 0 Å². The zero-order valence-electron chi connectivity index (χ0n) is 14.0. The van der Waals surface area contributed by atoms with Crippen molar-refractivity contribution in [2.24, 2.45) is 4.99 Å². The van der Waals surface area contributed by atoms with Crippen LogP contribution >= 0.6 is 22.7 Å². The van der Waals surface area contributed by atoms with Crippen molar-refractivity contribution in [1.29, 1.82) is 0 Å². The fraction of sp³-hybridized carbons (Fsp3) is 0.105. The second kappa shape index (κ2) is 6.33. The smallest absolute Gasteiger partial charge is 0.279 e. The lowest BCUT2D eigenvalue weighted by Crippen LogP contribution is -2.16. The van der Waals surface area contributed by atoms with Crippen LogP contribution in [0.4, 0.5) is 0 Å². The maximum absolute atomic E-state index is 12.7. The minimum Gasteiger partial charge on any atom is -0.454 e. The van der Waals surface area contributed by atoms with Gasteiger partial charge in [-0.3, -0.25) is 4.79 Å². The van der Waals surface area contributed by atoms with Crippen molar-refractivity contribution >= 4 is 49.0 Å². The van der Waals surface area contributed by atoms with Gasteiger partial charge in [-0.15, -0.1) is 17.9 Å². The largest absolute Gasteiger partial charge is 0.454 e. The van der Waals surface area contributed by atoms with Gasteiger partial charge in [0.25, 0.3) is 5.91 Å². The quantitative estimate of drug-likeness (QED) is 0.493. The number of ether oxygens (including phenoxy) is 2. The molecule has 0 spiro atoms. The number of hydrogen-bond donors (Lipinski definition) is 0. The van der Waals surface area contributed by atoms with Crippen LogP contribution in [0.25, 0.3) is 20.4 Å². The van der Waals surface area contributed by atoms with Crippen molar-refractivity contribution in [3.8, 4) is 11.5 Å². The highest BCUT2D eigenvalue weighted by Crippen LogP contribution is 2.37. The molecule has 8 heteroatoms. The van der Waals surface area contributed by atoms with E-state index in [0.29, 0.717) is 28.4 Å². The Labute approximate surface area is 161 Å². The second-order valence-electron chi connectivity index (χ2n) is 5.91. The predicted molar refractivity (Wildman–Crippen MR) is 106 cm³/mol. The van der Waals surface area contributed by atoms with Gasteiger partial charge in [-0.2, -0.15) is 4.99 Å². The Kier molecular flexibility index (Phi) is 3.80. The highest BCUT2D eigenvalue weighted by Gasteiger charge is 2.18. The lowest BCUT2D eigenvalue weighted by Gasteiger charge is -2.02. The molecule has 2 aromatic carbocycles. The van der Waals surface area contributed by atoms with Gasteiger partial charge in [0.05, 0.1) is 25.9 Å². The lowest BCUT2D eigenvalue weighted by atomic mass is 10.2. The van der Waals surface area contributed by atoms with E-state index in [0.717, 1.165) is 20.4 Å². The summed E-state index contributed by atoms with van der Waals surface area (Å²) in [6.07, 6.45) is 1.78. The molecular weight excluding hydrogens is 382 g/mol. The summed E-state index contributed by atoms with van der Waals surface area (Å²) in [5, 5.41) is 0. The molecule has 3 heterocycles. The Morgan fingerprint density at radius 1 is 1.26 bits per heavy atom. The normalized spacial score (nSPS) is 13.6. The summed E-state index contributed by atoms with van der Waals surface area (Å²) in [6, 6.07) is 9.28. The molecule has 1 amide bonds. The Morgan fingerprint density at radius 3 is 2.96 bits per heavy atom. The summed E-state index contributed by atoms with van der Waals surface area (Å²) < 4.78 is 14.8. The number of fused-ring (bicyclic) bond motifs is 3. The van der Waals surface area contributed by atoms with Crippen LogP contribution in [0, 0.1) is 0 Å². The summed E-state index contributed by atoms with van der Waals surface area (Å²) in [5.74, 6) is 1.13. The second-order valence-corrected chi connectivity index (χ2v) is 7.80. The number of rotatable bonds is 3. The van der Waals surface area contributed by atoms with Crippen molar-refractivity contribution in [3.05, 3.63) is 58.9 Å². The molecule has 0 saturated carbocycles. The first-order chi connectivity index (χ1) is 13.2. The summed E-state index contributed by atoms with van der Waals surface area (Å²) in [7, 11) is 0. The topological polar surface area (TPSA) is 65.7 Å². The third-order valence-corrected chi connectivity index (χ3v) is 6.10. The third kappa shape index (κ3) is 2.73. The summed E-state index contributed by atoms with van der Waals surface area (Å²) >= 11 is 2.94. The number of thiazole rings is 2. The minimum atomic E-state index is -0.283. The molecule has 0 radical (unpaired) electrons. The van der Waals surface area contributed by atoms with Crippen LogP contribution in [-0.2, 0) is 6.54 Å². The van der Waals surface area contributed by atoms with Gasteiger partial charge < -0.3 is 14.0 Å². The van der Waals surface area contributed by atoms with Crippen molar-refractivity contribution in [2.75, 3.05) is 6.79 Å². The molecule has 2 aromatic heterocycles. The summed E-state index contributed by atoms with van der Waals surface area (Å²) in [4.78, 5) is 22.0. The van der Waals surface area contributed by atoms with E-state index in [9.17, 15) is 4.79 Å². The van der Waals surface area contributed by atoms with Crippen molar-refractivity contribution in [3.63, 3.8) is 0 Å². The molecule has 5 rings (SSSR count).